The van der Waals surface area contributed by atoms with Crippen molar-refractivity contribution in [2.75, 3.05) is 44.8 Å². The number of methoxy groups -OCH3 is 1. The molecule has 1 aromatic heterocycles. The predicted octanol–water partition coefficient (Wildman–Crippen LogP) is 0.360. The van der Waals surface area contributed by atoms with Crippen molar-refractivity contribution in [1.29, 1.82) is 0 Å². The zero-order valence-corrected chi connectivity index (χ0v) is 14.0. The molecule has 0 atom stereocenters. The molecule has 23 heavy (non-hydrogen) atoms. The van der Waals surface area contributed by atoms with E-state index in [0.717, 1.165) is 43.9 Å². The molecule has 2 rings (SSSR count). The first-order valence-corrected chi connectivity index (χ1v) is 8.27. The summed E-state index contributed by atoms with van der Waals surface area (Å²) in [6, 6.07) is 2.30. The van der Waals surface area contributed by atoms with Gasteiger partial charge in [-0.1, -0.05) is 6.92 Å². The van der Waals surface area contributed by atoms with E-state index in [4.69, 9.17) is 4.74 Å². The van der Waals surface area contributed by atoms with Crippen LogP contribution in [0.5, 0.6) is 0 Å². The minimum atomic E-state index is 0.0508. The lowest BCUT2D eigenvalue weighted by molar-refractivity contribution is -0.121. The molecule has 0 unspecified atom stereocenters. The molecule has 0 aromatic carbocycles. The van der Waals surface area contributed by atoms with E-state index in [-0.39, 0.29) is 11.9 Å². The van der Waals surface area contributed by atoms with Crippen LogP contribution in [0.2, 0.25) is 0 Å². The molecule has 0 spiro atoms. The summed E-state index contributed by atoms with van der Waals surface area (Å²) in [6.07, 6.45) is 4.43. The molecule has 7 heteroatoms. The summed E-state index contributed by atoms with van der Waals surface area (Å²) < 4.78 is 4.93. The molecule has 0 saturated carbocycles. The SMILES string of the molecule is CCc1cc(N2CCC(NC(=O)CNCCOC)CC2)ncn1. The van der Waals surface area contributed by atoms with Crippen LogP contribution >= 0.6 is 0 Å². The van der Waals surface area contributed by atoms with Gasteiger partial charge in [0.2, 0.25) is 5.91 Å². The van der Waals surface area contributed by atoms with Crippen LogP contribution < -0.4 is 15.5 Å². The zero-order chi connectivity index (χ0) is 16.5. The average molecular weight is 321 g/mol. The van der Waals surface area contributed by atoms with Crippen molar-refractivity contribution in [3.8, 4) is 0 Å². The average Bonchev–Trinajstić information content (AvgIpc) is 2.59. The molecular formula is C16H27N5O2. The van der Waals surface area contributed by atoms with Crippen molar-refractivity contribution in [3.05, 3.63) is 18.1 Å². The number of ether oxygens (including phenoxy) is 1. The van der Waals surface area contributed by atoms with Gasteiger partial charge in [0.15, 0.2) is 0 Å². The van der Waals surface area contributed by atoms with Crippen LogP contribution in [0.15, 0.2) is 12.4 Å². The Morgan fingerprint density at radius 1 is 1.39 bits per heavy atom. The first-order valence-electron chi connectivity index (χ1n) is 8.27. The number of piperidine rings is 1. The molecule has 1 saturated heterocycles. The second-order valence-electron chi connectivity index (χ2n) is 5.72. The summed E-state index contributed by atoms with van der Waals surface area (Å²) in [5, 5.41) is 6.15. The lowest BCUT2D eigenvalue weighted by Gasteiger charge is -2.33. The van der Waals surface area contributed by atoms with E-state index in [1.165, 1.54) is 0 Å². The fourth-order valence-corrected chi connectivity index (χ4v) is 2.66. The first kappa shape index (κ1) is 17.6. The molecule has 1 aliphatic rings. The second-order valence-corrected chi connectivity index (χ2v) is 5.72. The number of aromatic nitrogens is 2. The standard InChI is InChI=1S/C16H27N5O2/c1-3-13-10-15(19-12-18-13)21-7-4-14(5-8-21)20-16(22)11-17-6-9-23-2/h10,12,14,17H,3-9,11H2,1-2H3,(H,20,22). The molecular weight excluding hydrogens is 294 g/mol. The summed E-state index contributed by atoms with van der Waals surface area (Å²) in [6.45, 7) is 5.55. The molecule has 1 fully saturated rings. The Labute approximate surface area is 137 Å². The summed E-state index contributed by atoms with van der Waals surface area (Å²) in [7, 11) is 1.65. The van der Waals surface area contributed by atoms with Crippen LogP contribution in [0.25, 0.3) is 0 Å². The molecule has 2 heterocycles. The first-order chi connectivity index (χ1) is 11.2. The maximum absolute atomic E-state index is 11.9. The smallest absolute Gasteiger partial charge is 0.234 e. The summed E-state index contributed by atoms with van der Waals surface area (Å²) in [5.74, 6) is 1.04. The fourth-order valence-electron chi connectivity index (χ4n) is 2.66. The van der Waals surface area contributed by atoms with Gasteiger partial charge in [0, 0.05) is 44.5 Å². The molecule has 1 aromatic rings. The van der Waals surface area contributed by atoms with Gasteiger partial charge in [-0.05, 0) is 19.3 Å². The topological polar surface area (TPSA) is 79.4 Å². The number of hydrogen-bond donors (Lipinski definition) is 2. The van der Waals surface area contributed by atoms with Crippen LogP contribution in [0.1, 0.15) is 25.5 Å². The van der Waals surface area contributed by atoms with Crippen molar-refractivity contribution in [2.24, 2.45) is 0 Å². The Hall–Kier alpha value is -1.73. The summed E-state index contributed by atoms with van der Waals surface area (Å²) >= 11 is 0. The zero-order valence-electron chi connectivity index (χ0n) is 14.0. The van der Waals surface area contributed by atoms with Crippen molar-refractivity contribution >= 4 is 11.7 Å². The number of rotatable bonds is 8. The molecule has 7 nitrogen and oxygen atoms in total. The van der Waals surface area contributed by atoms with Crippen molar-refractivity contribution in [3.63, 3.8) is 0 Å². The molecule has 0 bridgehead atoms. The van der Waals surface area contributed by atoms with Crippen LogP contribution in [0, 0.1) is 0 Å². The highest BCUT2D eigenvalue weighted by Crippen LogP contribution is 2.18. The Morgan fingerprint density at radius 2 is 2.17 bits per heavy atom. The fraction of sp³-hybridized carbons (Fsp3) is 0.688. The Balaban J connectivity index is 1.72. The van der Waals surface area contributed by atoms with Crippen LogP contribution in [0.3, 0.4) is 0 Å². The third-order valence-corrected chi connectivity index (χ3v) is 4.02. The number of nitrogens with zero attached hydrogens (tertiary/aromatic N) is 3. The van der Waals surface area contributed by atoms with Crippen molar-refractivity contribution in [2.45, 2.75) is 32.2 Å². The van der Waals surface area contributed by atoms with Gasteiger partial charge in [-0.25, -0.2) is 9.97 Å². The minimum Gasteiger partial charge on any atom is -0.383 e. The molecule has 2 N–H and O–H groups in total. The largest absolute Gasteiger partial charge is 0.383 e. The van der Waals surface area contributed by atoms with E-state index in [9.17, 15) is 4.79 Å². The molecule has 1 amide bonds. The van der Waals surface area contributed by atoms with E-state index in [0.29, 0.717) is 19.7 Å². The highest BCUT2D eigenvalue weighted by atomic mass is 16.5. The number of nitrogens with one attached hydrogen (secondary N) is 2. The third kappa shape index (κ3) is 5.76. The van der Waals surface area contributed by atoms with E-state index in [1.807, 2.05) is 0 Å². The van der Waals surface area contributed by atoms with E-state index in [1.54, 1.807) is 13.4 Å². The van der Waals surface area contributed by atoms with Gasteiger partial charge in [-0.2, -0.15) is 0 Å². The Kier molecular flexibility index (Phi) is 7.22. The van der Waals surface area contributed by atoms with Crippen LogP contribution in [-0.2, 0) is 16.0 Å². The van der Waals surface area contributed by atoms with Crippen LogP contribution in [0.4, 0.5) is 5.82 Å². The summed E-state index contributed by atoms with van der Waals surface area (Å²) in [4.78, 5) is 22.7. The lowest BCUT2D eigenvalue weighted by atomic mass is 10.0. The van der Waals surface area contributed by atoms with Crippen molar-refractivity contribution < 1.29 is 9.53 Å². The van der Waals surface area contributed by atoms with Crippen molar-refractivity contribution in [1.82, 2.24) is 20.6 Å². The maximum Gasteiger partial charge on any atom is 0.234 e. The van der Waals surface area contributed by atoms with Crippen LogP contribution in [-0.4, -0.2) is 61.8 Å². The van der Waals surface area contributed by atoms with E-state index in [2.05, 4.69) is 38.5 Å². The molecule has 0 radical (unpaired) electrons. The number of amides is 1. The van der Waals surface area contributed by atoms with Gasteiger partial charge in [-0.3, -0.25) is 4.79 Å². The molecule has 0 aliphatic carbocycles. The number of aryl methyl sites for hydroxylation is 1. The van der Waals surface area contributed by atoms with Gasteiger partial charge in [-0.15, -0.1) is 0 Å². The van der Waals surface area contributed by atoms with Gasteiger partial charge in [0.25, 0.3) is 0 Å². The van der Waals surface area contributed by atoms with Gasteiger partial charge < -0.3 is 20.3 Å². The quantitative estimate of drug-likeness (QED) is 0.673. The highest BCUT2D eigenvalue weighted by Gasteiger charge is 2.21. The number of carbonyl (C=O) groups excluding carboxylic acids is 1. The van der Waals surface area contributed by atoms with E-state index >= 15 is 0 Å². The Morgan fingerprint density at radius 3 is 2.87 bits per heavy atom. The highest BCUT2D eigenvalue weighted by molar-refractivity contribution is 5.78. The molecule has 128 valence electrons. The number of hydrogen-bond acceptors (Lipinski definition) is 6. The third-order valence-electron chi connectivity index (χ3n) is 4.02. The number of carbonyl (C=O) groups is 1. The van der Waals surface area contributed by atoms with Gasteiger partial charge in [0.1, 0.15) is 12.1 Å². The molecule has 1 aliphatic heterocycles. The predicted molar refractivity (Wildman–Crippen MR) is 89.5 cm³/mol. The van der Waals surface area contributed by atoms with Gasteiger partial charge in [0.05, 0.1) is 13.2 Å². The van der Waals surface area contributed by atoms with E-state index < -0.39 is 0 Å². The number of anilines is 1. The second kappa shape index (κ2) is 9.42. The monoisotopic (exact) mass is 321 g/mol. The minimum absolute atomic E-state index is 0.0508. The normalized spacial score (nSPS) is 15.7. The Bertz CT molecular complexity index is 489. The maximum atomic E-state index is 11.9. The van der Waals surface area contributed by atoms with Gasteiger partial charge >= 0.3 is 0 Å². The lowest BCUT2D eigenvalue weighted by Crippen LogP contribution is -2.47. The summed E-state index contributed by atoms with van der Waals surface area (Å²) in [5.41, 5.74) is 1.06.